The van der Waals surface area contributed by atoms with E-state index in [1.165, 1.54) is 32.1 Å². The zero-order valence-electron chi connectivity index (χ0n) is 6.27. The highest BCUT2D eigenvalue weighted by Gasteiger charge is 2.05. The van der Waals surface area contributed by atoms with Gasteiger partial charge in [-0.1, -0.05) is 25.5 Å². The molecule has 9 heavy (non-hydrogen) atoms. The maximum atomic E-state index is 2.33. The summed E-state index contributed by atoms with van der Waals surface area (Å²) in [4.78, 5) is 0. The summed E-state index contributed by atoms with van der Waals surface area (Å²) in [7, 11) is 0. The van der Waals surface area contributed by atoms with Gasteiger partial charge in [0.2, 0.25) is 0 Å². The Bertz CT molecular complexity index is 82.2. The summed E-state index contributed by atoms with van der Waals surface area (Å²) >= 11 is 0. The second-order valence-corrected chi connectivity index (χ2v) is 2.90. The summed E-state index contributed by atoms with van der Waals surface area (Å²) in [6, 6.07) is 0. The van der Waals surface area contributed by atoms with Gasteiger partial charge >= 0.3 is 0 Å². The molecule has 1 aliphatic rings. The summed E-state index contributed by atoms with van der Waals surface area (Å²) in [6.07, 6.45) is 11.5. The van der Waals surface area contributed by atoms with Gasteiger partial charge in [-0.05, 0) is 31.6 Å². The molecule has 0 aromatic rings. The van der Waals surface area contributed by atoms with Crippen LogP contribution < -0.4 is 0 Å². The molecule has 1 aliphatic carbocycles. The second kappa shape index (κ2) is 3.71. The lowest BCUT2D eigenvalue weighted by molar-refractivity contribution is 0.453. The lowest BCUT2D eigenvalue weighted by Crippen LogP contribution is -1.94. The fourth-order valence-corrected chi connectivity index (χ4v) is 1.45. The highest BCUT2D eigenvalue weighted by molar-refractivity contribution is 4.86. The second-order valence-electron chi connectivity index (χ2n) is 2.90. The van der Waals surface area contributed by atoms with E-state index in [0.29, 0.717) is 0 Å². The van der Waals surface area contributed by atoms with Gasteiger partial charge < -0.3 is 0 Å². The van der Waals surface area contributed by atoms with E-state index in [2.05, 4.69) is 19.1 Å². The predicted octanol–water partition coefficient (Wildman–Crippen LogP) is 3.14. The Labute approximate surface area is 58.0 Å². The fraction of sp³-hybridized carbons (Fsp3) is 0.778. The lowest BCUT2D eigenvalue weighted by Gasteiger charge is -2.08. The Balaban J connectivity index is 2.26. The van der Waals surface area contributed by atoms with Gasteiger partial charge in [-0.25, -0.2) is 0 Å². The molecule has 0 aliphatic heterocycles. The maximum absolute atomic E-state index is 2.33. The molecular weight excluding hydrogens is 108 g/mol. The average Bonchev–Trinajstić information content (AvgIpc) is 2.13. The smallest absolute Gasteiger partial charge is 0.0348 e. The molecular formula is C9H16. The number of allylic oxidation sites excluding steroid dienone is 2. The van der Waals surface area contributed by atoms with Crippen molar-refractivity contribution in [2.24, 2.45) is 5.92 Å². The zero-order valence-corrected chi connectivity index (χ0v) is 6.27. The van der Waals surface area contributed by atoms with Crippen LogP contribution in [0.5, 0.6) is 0 Å². The van der Waals surface area contributed by atoms with Crippen LogP contribution in [-0.2, 0) is 0 Å². The van der Waals surface area contributed by atoms with Crippen LogP contribution in [0, 0.1) is 5.92 Å². The van der Waals surface area contributed by atoms with Gasteiger partial charge in [0.25, 0.3) is 0 Å². The molecule has 0 aromatic carbocycles. The van der Waals surface area contributed by atoms with Crippen LogP contribution >= 0.6 is 0 Å². The van der Waals surface area contributed by atoms with E-state index < -0.39 is 0 Å². The van der Waals surface area contributed by atoms with Crippen LogP contribution in [0.15, 0.2) is 12.2 Å². The molecule has 0 heterocycles. The first-order valence-electron chi connectivity index (χ1n) is 4.08. The van der Waals surface area contributed by atoms with Gasteiger partial charge in [-0.15, -0.1) is 0 Å². The monoisotopic (exact) mass is 124 g/mol. The first-order chi connectivity index (χ1) is 4.43. The molecule has 1 rings (SSSR count). The van der Waals surface area contributed by atoms with E-state index in [-0.39, 0.29) is 0 Å². The van der Waals surface area contributed by atoms with E-state index in [1.807, 2.05) is 0 Å². The molecule has 0 heteroatoms. The molecule has 0 atom stereocenters. The summed E-state index contributed by atoms with van der Waals surface area (Å²) in [5, 5.41) is 0. The van der Waals surface area contributed by atoms with Gasteiger partial charge in [-0.2, -0.15) is 0 Å². The predicted molar refractivity (Wildman–Crippen MR) is 41.4 cm³/mol. The van der Waals surface area contributed by atoms with Crippen molar-refractivity contribution in [2.75, 3.05) is 0 Å². The van der Waals surface area contributed by atoms with Crippen LogP contribution in [0.3, 0.4) is 0 Å². The lowest BCUT2D eigenvalue weighted by atomic mass is 9.98. The summed E-state index contributed by atoms with van der Waals surface area (Å²) in [5.74, 6) is 1.01. The zero-order chi connectivity index (χ0) is 6.53. The van der Waals surface area contributed by atoms with Crippen molar-refractivity contribution in [3.63, 3.8) is 0 Å². The van der Waals surface area contributed by atoms with Gasteiger partial charge in [0.05, 0.1) is 0 Å². The Kier molecular flexibility index (Phi) is 2.82. The van der Waals surface area contributed by atoms with Crippen LogP contribution in [0.1, 0.15) is 39.0 Å². The molecule has 0 amide bonds. The van der Waals surface area contributed by atoms with E-state index in [1.54, 1.807) is 0 Å². The van der Waals surface area contributed by atoms with Crippen molar-refractivity contribution in [3.8, 4) is 0 Å². The normalized spacial score (nSPS) is 21.9. The Morgan fingerprint density at radius 3 is 2.22 bits per heavy atom. The van der Waals surface area contributed by atoms with Crippen LogP contribution in [-0.4, -0.2) is 0 Å². The highest BCUT2D eigenvalue weighted by Crippen LogP contribution is 2.20. The largest absolute Gasteiger partial charge is 0.0885 e. The van der Waals surface area contributed by atoms with E-state index in [4.69, 9.17) is 0 Å². The molecule has 0 saturated heterocycles. The molecule has 0 saturated carbocycles. The molecule has 0 nitrogen and oxygen atoms in total. The number of rotatable bonds is 1. The van der Waals surface area contributed by atoms with Crippen molar-refractivity contribution in [3.05, 3.63) is 12.2 Å². The quantitative estimate of drug-likeness (QED) is 0.471. The summed E-state index contributed by atoms with van der Waals surface area (Å²) < 4.78 is 0. The minimum absolute atomic E-state index is 1.01. The van der Waals surface area contributed by atoms with E-state index >= 15 is 0 Å². The van der Waals surface area contributed by atoms with Crippen LogP contribution in [0.4, 0.5) is 0 Å². The average molecular weight is 124 g/mol. The van der Waals surface area contributed by atoms with Crippen molar-refractivity contribution in [1.82, 2.24) is 0 Å². The van der Waals surface area contributed by atoms with Crippen molar-refractivity contribution in [2.45, 2.75) is 39.0 Å². The van der Waals surface area contributed by atoms with Gasteiger partial charge in [0.1, 0.15) is 0 Å². The third-order valence-electron chi connectivity index (χ3n) is 2.23. The molecule has 0 N–H and O–H groups in total. The Hall–Kier alpha value is -0.260. The third kappa shape index (κ3) is 2.21. The Morgan fingerprint density at radius 1 is 1.22 bits per heavy atom. The molecule has 52 valence electrons. The number of hydrogen-bond donors (Lipinski definition) is 0. The van der Waals surface area contributed by atoms with Gasteiger partial charge in [0.15, 0.2) is 0 Å². The minimum Gasteiger partial charge on any atom is -0.0885 e. The molecule has 0 spiro atoms. The topological polar surface area (TPSA) is 0 Å². The highest BCUT2D eigenvalue weighted by atomic mass is 14.1. The van der Waals surface area contributed by atoms with E-state index in [9.17, 15) is 0 Å². The summed E-state index contributed by atoms with van der Waals surface area (Å²) in [6.45, 7) is 2.30. The summed E-state index contributed by atoms with van der Waals surface area (Å²) in [5.41, 5.74) is 0. The first kappa shape index (κ1) is 6.85. The molecule has 0 radical (unpaired) electrons. The molecule has 0 bridgehead atoms. The van der Waals surface area contributed by atoms with Crippen molar-refractivity contribution >= 4 is 0 Å². The first-order valence-corrected chi connectivity index (χ1v) is 4.08. The SMILES string of the molecule is CCC1CCC=CCC1. The van der Waals surface area contributed by atoms with Crippen molar-refractivity contribution < 1.29 is 0 Å². The Morgan fingerprint density at radius 2 is 1.78 bits per heavy atom. The third-order valence-corrected chi connectivity index (χ3v) is 2.23. The maximum Gasteiger partial charge on any atom is -0.0348 e. The van der Waals surface area contributed by atoms with Gasteiger partial charge in [0, 0.05) is 0 Å². The molecule has 0 fully saturated rings. The molecule has 0 unspecified atom stereocenters. The molecule has 0 aromatic heterocycles. The van der Waals surface area contributed by atoms with Gasteiger partial charge in [-0.3, -0.25) is 0 Å². The fourth-order valence-electron chi connectivity index (χ4n) is 1.45. The van der Waals surface area contributed by atoms with Crippen LogP contribution in [0.2, 0.25) is 0 Å². The number of hydrogen-bond acceptors (Lipinski definition) is 0. The van der Waals surface area contributed by atoms with Crippen molar-refractivity contribution in [1.29, 1.82) is 0 Å². The standard InChI is InChI=1S/C9H16/c1-2-9-7-5-3-4-6-8-9/h3-4,9H,2,5-8H2,1H3. The van der Waals surface area contributed by atoms with Crippen LogP contribution in [0.25, 0.3) is 0 Å². The minimum atomic E-state index is 1.01. The van der Waals surface area contributed by atoms with E-state index in [0.717, 1.165) is 5.92 Å².